The highest BCUT2D eigenvalue weighted by molar-refractivity contribution is 5.96. The second-order valence-electron chi connectivity index (χ2n) is 6.59. The molecule has 162 valence electrons. The lowest BCUT2D eigenvalue weighted by Gasteiger charge is -2.10. The summed E-state index contributed by atoms with van der Waals surface area (Å²) in [6.45, 7) is 3.00. The minimum absolute atomic E-state index is 0.0726. The number of para-hydroxylation sites is 1. The number of pyridine rings is 1. The Bertz CT molecular complexity index is 1090. The summed E-state index contributed by atoms with van der Waals surface area (Å²) in [4.78, 5) is 28.2. The lowest BCUT2D eigenvalue weighted by atomic mass is 10.1. The highest BCUT2D eigenvalue weighted by Crippen LogP contribution is 2.28. The Labute approximate surface area is 175 Å². The van der Waals surface area contributed by atoms with Crippen molar-refractivity contribution in [3.05, 3.63) is 71.2 Å². The maximum absolute atomic E-state index is 12.7. The number of carbonyl (C=O) groups excluding carboxylic acids is 2. The number of alkyl halides is 3. The molecule has 3 aromatic rings. The van der Waals surface area contributed by atoms with Crippen molar-refractivity contribution in [2.24, 2.45) is 0 Å². The maximum atomic E-state index is 12.7. The molecule has 0 aliphatic heterocycles. The standard InChI is InChI=1S/C21H19F3N4O3/c1-3-14-6-4-5-7-17(14)27-19(29)12-31-20(30)16-11-26-28(13(16)2)18-9-8-15(10-25-18)21(22,23)24/h4-11H,3,12H2,1-2H3,(H,27,29). The van der Waals surface area contributed by atoms with E-state index in [4.69, 9.17) is 4.74 Å². The van der Waals surface area contributed by atoms with Gasteiger partial charge in [-0.3, -0.25) is 4.79 Å². The van der Waals surface area contributed by atoms with Crippen molar-refractivity contribution < 1.29 is 27.5 Å². The van der Waals surface area contributed by atoms with Crippen LogP contribution in [0.4, 0.5) is 18.9 Å². The average Bonchev–Trinajstić information content (AvgIpc) is 3.13. The zero-order valence-corrected chi connectivity index (χ0v) is 16.7. The van der Waals surface area contributed by atoms with Gasteiger partial charge in [-0.05, 0) is 37.1 Å². The van der Waals surface area contributed by atoms with E-state index in [1.807, 2.05) is 19.1 Å². The molecule has 0 fully saturated rings. The number of aromatic nitrogens is 3. The molecule has 0 aliphatic rings. The topological polar surface area (TPSA) is 86.1 Å². The van der Waals surface area contributed by atoms with Crippen molar-refractivity contribution >= 4 is 17.6 Å². The number of anilines is 1. The van der Waals surface area contributed by atoms with Gasteiger partial charge in [0.15, 0.2) is 12.4 Å². The fourth-order valence-corrected chi connectivity index (χ4v) is 2.87. The lowest BCUT2D eigenvalue weighted by molar-refractivity contribution is -0.137. The molecule has 0 aliphatic carbocycles. The van der Waals surface area contributed by atoms with E-state index in [1.165, 1.54) is 10.9 Å². The van der Waals surface area contributed by atoms with Gasteiger partial charge in [0.05, 0.1) is 17.5 Å². The van der Waals surface area contributed by atoms with Gasteiger partial charge in [-0.2, -0.15) is 18.3 Å². The van der Waals surface area contributed by atoms with E-state index in [0.29, 0.717) is 17.6 Å². The van der Waals surface area contributed by atoms with Crippen LogP contribution in [0.1, 0.15) is 34.1 Å². The molecule has 0 saturated carbocycles. The number of aryl methyl sites for hydroxylation is 1. The Balaban J connectivity index is 1.65. The average molecular weight is 432 g/mol. The number of nitrogens with zero attached hydrogens (tertiary/aromatic N) is 3. The first-order chi connectivity index (χ1) is 14.7. The largest absolute Gasteiger partial charge is 0.452 e. The first-order valence-corrected chi connectivity index (χ1v) is 9.33. The number of benzene rings is 1. The zero-order chi connectivity index (χ0) is 22.6. The van der Waals surface area contributed by atoms with Crippen LogP contribution in [0.25, 0.3) is 5.82 Å². The summed E-state index contributed by atoms with van der Waals surface area (Å²) < 4.78 is 44.3. The quantitative estimate of drug-likeness (QED) is 0.596. The number of hydrogen-bond donors (Lipinski definition) is 1. The SMILES string of the molecule is CCc1ccccc1NC(=O)COC(=O)c1cnn(-c2ccc(C(F)(F)F)cn2)c1C. The molecule has 31 heavy (non-hydrogen) atoms. The number of ether oxygens (including phenoxy) is 1. The Morgan fingerprint density at radius 2 is 1.87 bits per heavy atom. The summed E-state index contributed by atoms with van der Waals surface area (Å²) >= 11 is 0. The van der Waals surface area contributed by atoms with Gasteiger partial charge >= 0.3 is 12.1 Å². The fraction of sp³-hybridized carbons (Fsp3) is 0.238. The molecule has 0 spiro atoms. The van der Waals surface area contributed by atoms with Crippen LogP contribution >= 0.6 is 0 Å². The molecule has 0 unspecified atom stereocenters. The van der Waals surface area contributed by atoms with Gasteiger partial charge in [0.1, 0.15) is 5.56 Å². The summed E-state index contributed by atoms with van der Waals surface area (Å²) in [5.41, 5.74) is 1.08. The van der Waals surface area contributed by atoms with Crippen molar-refractivity contribution in [2.45, 2.75) is 26.4 Å². The minimum Gasteiger partial charge on any atom is -0.452 e. The van der Waals surface area contributed by atoms with E-state index in [9.17, 15) is 22.8 Å². The summed E-state index contributed by atoms with van der Waals surface area (Å²) in [6, 6.07) is 9.31. The third kappa shape index (κ3) is 5.08. The summed E-state index contributed by atoms with van der Waals surface area (Å²) in [7, 11) is 0. The molecule has 10 heteroatoms. The number of carbonyl (C=O) groups is 2. The zero-order valence-electron chi connectivity index (χ0n) is 16.7. The van der Waals surface area contributed by atoms with Gasteiger partial charge < -0.3 is 10.1 Å². The van der Waals surface area contributed by atoms with Gasteiger partial charge in [-0.25, -0.2) is 14.5 Å². The smallest absolute Gasteiger partial charge is 0.417 e. The van der Waals surface area contributed by atoms with E-state index in [0.717, 1.165) is 24.1 Å². The van der Waals surface area contributed by atoms with Crippen LogP contribution in [0.3, 0.4) is 0 Å². The van der Waals surface area contributed by atoms with E-state index in [-0.39, 0.29) is 11.4 Å². The Morgan fingerprint density at radius 1 is 1.13 bits per heavy atom. The number of esters is 1. The molecule has 2 heterocycles. The second kappa shape index (κ2) is 8.99. The summed E-state index contributed by atoms with van der Waals surface area (Å²) in [5, 5.41) is 6.68. The highest BCUT2D eigenvalue weighted by atomic mass is 19.4. The minimum atomic E-state index is -4.50. The number of halogens is 3. The Kier molecular flexibility index (Phi) is 6.38. The van der Waals surface area contributed by atoms with Crippen LogP contribution < -0.4 is 5.32 Å². The van der Waals surface area contributed by atoms with Gasteiger partial charge in [0, 0.05) is 11.9 Å². The maximum Gasteiger partial charge on any atom is 0.417 e. The van der Waals surface area contributed by atoms with Crippen LogP contribution in [0.2, 0.25) is 0 Å². The van der Waals surface area contributed by atoms with Crippen molar-refractivity contribution in [1.29, 1.82) is 0 Å². The molecule has 1 N–H and O–H groups in total. The Morgan fingerprint density at radius 3 is 2.52 bits per heavy atom. The van der Waals surface area contributed by atoms with E-state index < -0.39 is 30.2 Å². The van der Waals surface area contributed by atoms with Crippen LogP contribution in [-0.2, 0) is 22.1 Å². The van der Waals surface area contributed by atoms with Crippen LogP contribution in [0, 0.1) is 6.92 Å². The normalized spacial score (nSPS) is 11.3. The fourth-order valence-electron chi connectivity index (χ4n) is 2.87. The predicted octanol–water partition coefficient (Wildman–Crippen LogP) is 3.95. The number of hydrogen-bond acceptors (Lipinski definition) is 5. The van der Waals surface area contributed by atoms with E-state index >= 15 is 0 Å². The van der Waals surface area contributed by atoms with Crippen LogP contribution in [-0.4, -0.2) is 33.2 Å². The molecule has 0 atom stereocenters. The van der Waals surface area contributed by atoms with Gasteiger partial charge in [-0.15, -0.1) is 0 Å². The Hall–Kier alpha value is -3.69. The third-order valence-electron chi connectivity index (χ3n) is 4.53. The first-order valence-electron chi connectivity index (χ1n) is 9.33. The van der Waals surface area contributed by atoms with Gasteiger partial charge in [-0.1, -0.05) is 25.1 Å². The molecule has 0 bridgehead atoms. The second-order valence-corrected chi connectivity index (χ2v) is 6.59. The lowest BCUT2D eigenvalue weighted by Crippen LogP contribution is -2.21. The number of nitrogens with one attached hydrogen (secondary N) is 1. The van der Waals surface area contributed by atoms with E-state index in [1.54, 1.807) is 19.1 Å². The molecule has 3 rings (SSSR count). The first kappa shape index (κ1) is 22.0. The monoisotopic (exact) mass is 432 g/mol. The number of rotatable bonds is 6. The number of amides is 1. The van der Waals surface area contributed by atoms with Crippen molar-refractivity contribution in [3.63, 3.8) is 0 Å². The van der Waals surface area contributed by atoms with Gasteiger partial charge in [0.25, 0.3) is 5.91 Å². The molecule has 2 aromatic heterocycles. The molecular formula is C21H19F3N4O3. The van der Waals surface area contributed by atoms with Gasteiger partial charge in [0.2, 0.25) is 0 Å². The van der Waals surface area contributed by atoms with Crippen molar-refractivity contribution in [3.8, 4) is 5.82 Å². The van der Waals surface area contributed by atoms with Crippen molar-refractivity contribution in [1.82, 2.24) is 14.8 Å². The van der Waals surface area contributed by atoms with Crippen molar-refractivity contribution in [2.75, 3.05) is 11.9 Å². The predicted molar refractivity (Wildman–Crippen MR) is 106 cm³/mol. The van der Waals surface area contributed by atoms with Crippen LogP contribution in [0.5, 0.6) is 0 Å². The molecule has 0 saturated heterocycles. The van der Waals surface area contributed by atoms with E-state index in [2.05, 4.69) is 15.4 Å². The molecule has 1 aromatic carbocycles. The summed E-state index contributed by atoms with van der Waals surface area (Å²) in [5.74, 6) is -1.17. The highest BCUT2D eigenvalue weighted by Gasteiger charge is 2.31. The molecule has 0 radical (unpaired) electrons. The van der Waals surface area contributed by atoms with Crippen LogP contribution in [0.15, 0.2) is 48.8 Å². The molecular weight excluding hydrogens is 413 g/mol. The molecule has 7 nitrogen and oxygen atoms in total. The third-order valence-corrected chi connectivity index (χ3v) is 4.53. The molecule has 1 amide bonds. The summed E-state index contributed by atoms with van der Waals surface area (Å²) in [6.07, 6.45) is -1.88.